The van der Waals surface area contributed by atoms with Crippen molar-refractivity contribution in [2.45, 2.75) is 32.2 Å². The van der Waals surface area contributed by atoms with Gasteiger partial charge in [0.15, 0.2) is 0 Å². The van der Waals surface area contributed by atoms with Crippen LogP contribution < -0.4 is 11.1 Å². The van der Waals surface area contributed by atoms with Crippen LogP contribution in [0.1, 0.15) is 26.2 Å². The lowest BCUT2D eigenvalue weighted by Crippen LogP contribution is -2.30. The van der Waals surface area contributed by atoms with Crippen LogP contribution in [0.2, 0.25) is 0 Å². The van der Waals surface area contributed by atoms with Crippen molar-refractivity contribution in [2.75, 3.05) is 11.1 Å². The monoisotopic (exact) mass is 269 g/mol. The molecule has 0 aliphatic rings. The van der Waals surface area contributed by atoms with Crippen molar-refractivity contribution < 1.29 is 14.8 Å². The number of hydrogen-bond acceptors (Lipinski definition) is 7. The summed E-state index contributed by atoms with van der Waals surface area (Å²) < 4.78 is 0. The van der Waals surface area contributed by atoms with Crippen LogP contribution in [0.15, 0.2) is 6.20 Å². The highest BCUT2D eigenvalue weighted by Gasteiger charge is 2.20. The van der Waals surface area contributed by atoms with Crippen LogP contribution in [0.3, 0.4) is 0 Å². The predicted octanol–water partition coefficient (Wildman–Crippen LogP) is 1.02. The van der Waals surface area contributed by atoms with Gasteiger partial charge in [-0.05, 0) is 6.42 Å². The number of nitrogens with zero attached hydrogens (tertiary/aromatic N) is 3. The molecule has 1 rings (SSSR count). The molecular formula is C10H15N5O4. The van der Waals surface area contributed by atoms with Gasteiger partial charge < -0.3 is 16.2 Å². The van der Waals surface area contributed by atoms with Crippen LogP contribution in [0.25, 0.3) is 0 Å². The van der Waals surface area contributed by atoms with Crippen LogP contribution in [0, 0.1) is 10.1 Å². The largest absolute Gasteiger partial charge is 0.480 e. The minimum Gasteiger partial charge on any atom is -0.480 e. The number of nitrogen functional groups attached to an aromatic ring is 1. The van der Waals surface area contributed by atoms with E-state index in [2.05, 4.69) is 15.3 Å². The van der Waals surface area contributed by atoms with Gasteiger partial charge in [-0.3, -0.25) is 10.1 Å². The number of nitrogens with one attached hydrogen (secondary N) is 1. The fraction of sp³-hybridized carbons (Fsp3) is 0.500. The van der Waals surface area contributed by atoms with Gasteiger partial charge in [-0.15, -0.1) is 0 Å². The van der Waals surface area contributed by atoms with Gasteiger partial charge in [-0.1, -0.05) is 19.8 Å². The predicted molar refractivity (Wildman–Crippen MR) is 67.7 cm³/mol. The fourth-order valence-corrected chi connectivity index (χ4v) is 1.42. The number of carboxylic acid groups (broad SMARTS) is 1. The van der Waals surface area contributed by atoms with E-state index < -0.39 is 22.6 Å². The molecule has 0 saturated carbocycles. The van der Waals surface area contributed by atoms with Gasteiger partial charge in [-0.2, -0.15) is 4.98 Å². The molecule has 1 atom stereocenters. The third kappa shape index (κ3) is 4.05. The number of nitro groups is 1. The molecule has 4 N–H and O–H groups in total. The van der Waals surface area contributed by atoms with E-state index in [-0.39, 0.29) is 11.8 Å². The van der Waals surface area contributed by atoms with E-state index in [0.29, 0.717) is 6.42 Å². The summed E-state index contributed by atoms with van der Waals surface area (Å²) in [5, 5.41) is 22.1. The molecule has 0 saturated heterocycles. The number of rotatable bonds is 7. The van der Waals surface area contributed by atoms with E-state index >= 15 is 0 Å². The summed E-state index contributed by atoms with van der Waals surface area (Å²) in [4.78, 5) is 28.2. The first-order chi connectivity index (χ1) is 8.95. The highest BCUT2D eigenvalue weighted by atomic mass is 16.6. The van der Waals surface area contributed by atoms with Crippen molar-refractivity contribution in [3.8, 4) is 0 Å². The van der Waals surface area contributed by atoms with E-state index in [1.54, 1.807) is 0 Å². The normalized spacial score (nSPS) is 11.8. The molecule has 1 unspecified atom stereocenters. The SMILES string of the molecule is CCCCC(Nc1ncc([N+](=O)[O-])c(N)n1)C(=O)O. The molecule has 104 valence electrons. The lowest BCUT2D eigenvalue weighted by atomic mass is 10.1. The number of nitrogens with two attached hydrogens (primary N) is 1. The smallest absolute Gasteiger partial charge is 0.329 e. The van der Waals surface area contributed by atoms with Crippen LogP contribution in [0.4, 0.5) is 17.5 Å². The minimum absolute atomic E-state index is 0.0356. The van der Waals surface area contributed by atoms with E-state index in [0.717, 1.165) is 19.0 Å². The Morgan fingerprint density at radius 3 is 2.84 bits per heavy atom. The number of carboxylic acids is 1. The zero-order chi connectivity index (χ0) is 14.4. The zero-order valence-electron chi connectivity index (χ0n) is 10.4. The van der Waals surface area contributed by atoms with E-state index in [1.807, 2.05) is 6.92 Å². The zero-order valence-corrected chi connectivity index (χ0v) is 10.4. The summed E-state index contributed by atoms with van der Waals surface area (Å²) in [5.41, 5.74) is 4.98. The van der Waals surface area contributed by atoms with E-state index in [4.69, 9.17) is 10.8 Å². The number of aromatic nitrogens is 2. The lowest BCUT2D eigenvalue weighted by Gasteiger charge is -2.13. The van der Waals surface area contributed by atoms with Crippen molar-refractivity contribution in [1.29, 1.82) is 0 Å². The Kier molecular flexibility index (Phi) is 4.98. The fourth-order valence-electron chi connectivity index (χ4n) is 1.42. The first-order valence-corrected chi connectivity index (χ1v) is 5.72. The summed E-state index contributed by atoms with van der Waals surface area (Å²) in [6, 6.07) is -0.846. The quantitative estimate of drug-likeness (QED) is 0.491. The molecule has 0 spiro atoms. The number of hydrogen-bond donors (Lipinski definition) is 3. The molecule has 0 bridgehead atoms. The Balaban J connectivity index is 2.82. The van der Waals surface area contributed by atoms with Crippen LogP contribution in [-0.2, 0) is 4.79 Å². The van der Waals surface area contributed by atoms with Crippen molar-refractivity contribution in [2.24, 2.45) is 0 Å². The Morgan fingerprint density at radius 1 is 1.68 bits per heavy atom. The van der Waals surface area contributed by atoms with Crippen molar-refractivity contribution in [1.82, 2.24) is 9.97 Å². The number of anilines is 2. The summed E-state index contributed by atoms with van der Waals surface area (Å²) in [5.74, 6) is -1.37. The number of carbonyl (C=O) groups is 1. The Morgan fingerprint density at radius 2 is 2.37 bits per heavy atom. The molecular weight excluding hydrogens is 254 g/mol. The summed E-state index contributed by atoms with van der Waals surface area (Å²) >= 11 is 0. The molecule has 1 aromatic rings. The Hall–Kier alpha value is -2.45. The molecule has 19 heavy (non-hydrogen) atoms. The molecule has 0 aromatic carbocycles. The molecule has 9 heteroatoms. The standard InChI is InChI=1S/C10H15N5O4/c1-2-3-4-6(9(16)17)13-10-12-5-7(15(18)19)8(11)14-10/h5-6H,2-4H2,1H3,(H,16,17)(H3,11,12,13,14). The highest BCUT2D eigenvalue weighted by Crippen LogP contribution is 2.19. The molecule has 0 amide bonds. The first-order valence-electron chi connectivity index (χ1n) is 5.72. The van der Waals surface area contributed by atoms with Crippen LogP contribution in [0.5, 0.6) is 0 Å². The van der Waals surface area contributed by atoms with Crippen LogP contribution >= 0.6 is 0 Å². The maximum absolute atomic E-state index is 11.0. The van der Waals surface area contributed by atoms with Gasteiger partial charge >= 0.3 is 11.7 Å². The third-order valence-electron chi connectivity index (χ3n) is 2.44. The average Bonchev–Trinajstić information content (AvgIpc) is 2.33. The Labute approximate surface area is 109 Å². The van der Waals surface area contributed by atoms with E-state index in [1.165, 1.54) is 0 Å². The summed E-state index contributed by atoms with van der Waals surface area (Å²) in [6.07, 6.45) is 2.94. The second kappa shape index (κ2) is 6.47. The molecule has 1 aromatic heterocycles. The van der Waals surface area contributed by atoms with Gasteiger partial charge in [0.2, 0.25) is 11.8 Å². The van der Waals surface area contributed by atoms with Gasteiger partial charge in [0.05, 0.1) is 4.92 Å². The molecule has 0 fully saturated rings. The lowest BCUT2D eigenvalue weighted by molar-refractivity contribution is -0.384. The van der Waals surface area contributed by atoms with Crippen molar-refractivity contribution in [3.63, 3.8) is 0 Å². The van der Waals surface area contributed by atoms with Crippen molar-refractivity contribution in [3.05, 3.63) is 16.3 Å². The molecule has 0 radical (unpaired) electrons. The topological polar surface area (TPSA) is 144 Å². The molecule has 0 aliphatic carbocycles. The number of unbranched alkanes of at least 4 members (excludes halogenated alkanes) is 1. The van der Waals surface area contributed by atoms with Crippen LogP contribution in [-0.4, -0.2) is 32.0 Å². The highest BCUT2D eigenvalue weighted by molar-refractivity contribution is 5.76. The second-order valence-corrected chi connectivity index (χ2v) is 3.90. The average molecular weight is 269 g/mol. The van der Waals surface area contributed by atoms with Gasteiger partial charge in [0.1, 0.15) is 12.2 Å². The molecule has 1 heterocycles. The minimum atomic E-state index is -1.03. The van der Waals surface area contributed by atoms with Gasteiger partial charge in [0, 0.05) is 0 Å². The second-order valence-electron chi connectivity index (χ2n) is 3.90. The van der Waals surface area contributed by atoms with Crippen molar-refractivity contribution >= 4 is 23.4 Å². The molecule has 9 nitrogen and oxygen atoms in total. The maximum atomic E-state index is 11.0. The Bertz CT molecular complexity index is 479. The molecule has 0 aliphatic heterocycles. The van der Waals surface area contributed by atoms with E-state index in [9.17, 15) is 14.9 Å². The summed E-state index contributed by atoms with van der Waals surface area (Å²) in [6.45, 7) is 1.94. The summed E-state index contributed by atoms with van der Waals surface area (Å²) in [7, 11) is 0. The third-order valence-corrected chi connectivity index (χ3v) is 2.44. The maximum Gasteiger partial charge on any atom is 0.329 e. The number of aliphatic carboxylic acids is 1. The first kappa shape index (κ1) is 14.6. The van der Waals surface area contributed by atoms with Gasteiger partial charge in [0.25, 0.3) is 0 Å². The van der Waals surface area contributed by atoms with Gasteiger partial charge in [-0.25, -0.2) is 9.78 Å².